The van der Waals surface area contributed by atoms with Crippen LogP contribution in [0.1, 0.15) is 19.5 Å². The van der Waals surface area contributed by atoms with Gasteiger partial charge in [0.15, 0.2) is 0 Å². The van der Waals surface area contributed by atoms with E-state index in [1.165, 1.54) is 0 Å². The topological polar surface area (TPSA) is 47.0 Å². The second-order valence-electron chi connectivity index (χ2n) is 2.90. The van der Waals surface area contributed by atoms with Crippen molar-refractivity contribution in [1.82, 2.24) is 15.3 Å². The quantitative estimate of drug-likeness (QED) is 0.689. The van der Waals surface area contributed by atoms with Crippen molar-refractivity contribution in [2.75, 3.05) is 19.7 Å². The number of hydrogen-bond acceptors (Lipinski definition) is 4. The standard InChI is InChI=1S/C10H17N3O/c1-3-9-7-10(13-8-12-9)14-6-5-11-4-2/h7-8,11H,3-6H2,1-2H3. The van der Waals surface area contributed by atoms with Gasteiger partial charge in [0.1, 0.15) is 12.9 Å². The molecule has 0 aliphatic rings. The molecule has 1 N–H and O–H groups in total. The Morgan fingerprint density at radius 2 is 2.21 bits per heavy atom. The van der Waals surface area contributed by atoms with E-state index in [0.717, 1.165) is 25.2 Å². The summed E-state index contributed by atoms with van der Waals surface area (Å²) in [6, 6.07) is 1.88. The number of aryl methyl sites for hydroxylation is 1. The first-order valence-electron chi connectivity index (χ1n) is 5.01. The lowest BCUT2D eigenvalue weighted by atomic mass is 10.3. The first kappa shape index (κ1) is 10.9. The lowest BCUT2D eigenvalue weighted by Crippen LogP contribution is -2.20. The summed E-state index contributed by atoms with van der Waals surface area (Å²) in [6.07, 6.45) is 2.45. The normalized spacial score (nSPS) is 10.1. The van der Waals surface area contributed by atoms with Crippen LogP contribution in [-0.4, -0.2) is 29.7 Å². The maximum atomic E-state index is 5.44. The molecule has 1 rings (SSSR count). The zero-order chi connectivity index (χ0) is 10.2. The average Bonchev–Trinajstić information content (AvgIpc) is 2.25. The highest BCUT2D eigenvalue weighted by atomic mass is 16.5. The van der Waals surface area contributed by atoms with Crippen LogP contribution in [0.2, 0.25) is 0 Å². The van der Waals surface area contributed by atoms with E-state index < -0.39 is 0 Å². The maximum absolute atomic E-state index is 5.44. The van der Waals surface area contributed by atoms with Gasteiger partial charge in [0, 0.05) is 18.3 Å². The van der Waals surface area contributed by atoms with Crippen molar-refractivity contribution in [2.24, 2.45) is 0 Å². The molecule has 0 spiro atoms. The van der Waals surface area contributed by atoms with Crippen molar-refractivity contribution < 1.29 is 4.74 Å². The molecular formula is C10H17N3O. The molecule has 0 saturated heterocycles. The number of aromatic nitrogens is 2. The summed E-state index contributed by atoms with van der Waals surface area (Å²) in [5.41, 5.74) is 1.01. The van der Waals surface area contributed by atoms with Gasteiger partial charge < -0.3 is 10.1 Å². The Bertz CT molecular complexity index is 265. The lowest BCUT2D eigenvalue weighted by molar-refractivity contribution is 0.302. The predicted octanol–water partition coefficient (Wildman–Crippen LogP) is 1.03. The molecule has 0 radical (unpaired) electrons. The molecule has 14 heavy (non-hydrogen) atoms. The van der Waals surface area contributed by atoms with E-state index in [2.05, 4.69) is 29.1 Å². The van der Waals surface area contributed by atoms with E-state index in [1.54, 1.807) is 6.33 Å². The van der Waals surface area contributed by atoms with Gasteiger partial charge in [-0.2, -0.15) is 0 Å². The summed E-state index contributed by atoms with van der Waals surface area (Å²) in [7, 11) is 0. The Morgan fingerprint density at radius 3 is 2.93 bits per heavy atom. The minimum Gasteiger partial charge on any atom is -0.476 e. The molecule has 0 aliphatic carbocycles. The summed E-state index contributed by atoms with van der Waals surface area (Å²) in [4.78, 5) is 8.12. The van der Waals surface area contributed by atoms with E-state index in [4.69, 9.17) is 4.74 Å². The van der Waals surface area contributed by atoms with E-state index in [1.807, 2.05) is 6.07 Å². The van der Waals surface area contributed by atoms with Crippen molar-refractivity contribution in [3.8, 4) is 5.88 Å². The molecule has 0 atom stereocenters. The number of hydrogen-bond donors (Lipinski definition) is 1. The summed E-state index contributed by atoms with van der Waals surface area (Å²) in [6.45, 7) is 6.59. The molecule has 0 saturated carbocycles. The molecule has 0 amide bonds. The van der Waals surface area contributed by atoms with Crippen LogP contribution in [0, 0.1) is 0 Å². The minimum absolute atomic E-state index is 0.647. The van der Waals surface area contributed by atoms with Gasteiger partial charge in [-0.1, -0.05) is 13.8 Å². The fourth-order valence-electron chi connectivity index (χ4n) is 1.05. The summed E-state index contributed by atoms with van der Waals surface area (Å²) in [5, 5.41) is 3.18. The van der Waals surface area contributed by atoms with Crippen LogP contribution in [-0.2, 0) is 6.42 Å². The van der Waals surface area contributed by atoms with Crippen LogP contribution in [0.15, 0.2) is 12.4 Å². The summed E-state index contributed by atoms with van der Waals surface area (Å²) in [5.74, 6) is 0.662. The van der Waals surface area contributed by atoms with Crippen molar-refractivity contribution in [3.63, 3.8) is 0 Å². The molecular weight excluding hydrogens is 178 g/mol. The van der Waals surface area contributed by atoms with Crippen LogP contribution in [0.5, 0.6) is 5.88 Å². The first-order valence-corrected chi connectivity index (χ1v) is 5.01. The Morgan fingerprint density at radius 1 is 1.36 bits per heavy atom. The lowest BCUT2D eigenvalue weighted by Gasteiger charge is -2.05. The fourth-order valence-corrected chi connectivity index (χ4v) is 1.05. The number of nitrogens with zero attached hydrogens (tertiary/aromatic N) is 2. The molecule has 1 aromatic rings. The molecule has 1 aromatic heterocycles. The number of rotatable bonds is 6. The van der Waals surface area contributed by atoms with Gasteiger partial charge in [0.05, 0.1) is 0 Å². The van der Waals surface area contributed by atoms with Gasteiger partial charge in [0.25, 0.3) is 0 Å². The van der Waals surface area contributed by atoms with Crippen LogP contribution in [0.25, 0.3) is 0 Å². The van der Waals surface area contributed by atoms with Gasteiger partial charge in [-0.25, -0.2) is 9.97 Å². The molecule has 0 aliphatic heterocycles. The first-order chi connectivity index (χ1) is 6.86. The molecule has 78 valence electrons. The van der Waals surface area contributed by atoms with Crippen molar-refractivity contribution in [2.45, 2.75) is 20.3 Å². The van der Waals surface area contributed by atoms with E-state index >= 15 is 0 Å². The van der Waals surface area contributed by atoms with Crippen LogP contribution in [0.3, 0.4) is 0 Å². The number of likely N-dealkylation sites (N-methyl/N-ethyl adjacent to an activating group) is 1. The third-order valence-electron chi connectivity index (χ3n) is 1.84. The Balaban J connectivity index is 2.34. The zero-order valence-electron chi connectivity index (χ0n) is 8.79. The Labute approximate surface area is 84.7 Å². The molecule has 1 heterocycles. The SMILES string of the molecule is CCNCCOc1cc(CC)ncn1. The molecule has 0 bridgehead atoms. The van der Waals surface area contributed by atoms with Gasteiger partial charge in [0.2, 0.25) is 5.88 Å². The third kappa shape index (κ3) is 3.70. The van der Waals surface area contributed by atoms with Crippen molar-refractivity contribution >= 4 is 0 Å². The molecule has 0 fully saturated rings. The average molecular weight is 195 g/mol. The largest absolute Gasteiger partial charge is 0.476 e. The summed E-state index contributed by atoms with van der Waals surface area (Å²) >= 11 is 0. The molecule has 4 heteroatoms. The minimum atomic E-state index is 0.647. The van der Waals surface area contributed by atoms with Crippen LogP contribution < -0.4 is 10.1 Å². The van der Waals surface area contributed by atoms with Gasteiger partial charge in [-0.15, -0.1) is 0 Å². The van der Waals surface area contributed by atoms with E-state index in [-0.39, 0.29) is 0 Å². The van der Waals surface area contributed by atoms with Crippen molar-refractivity contribution in [1.29, 1.82) is 0 Å². The predicted molar refractivity (Wildman–Crippen MR) is 55.4 cm³/mol. The van der Waals surface area contributed by atoms with Gasteiger partial charge >= 0.3 is 0 Å². The van der Waals surface area contributed by atoms with Gasteiger partial charge in [-0.3, -0.25) is 0 Å². The molecule has 0 unspecified atom stereocenters. The maximum Gasteiger partial charge on any atom is 0.216 e. The number of ether oxygens (including phenoxy) is 1. The molecule has 0 aromatic carbocycles. The van der Waals surface area contributed by atoms with Crippen molar-refractivity contribution in [3.05, 3.63) is 18.1 Å². The smallest absolute Gasteiger partial charge is 0.216 e. The second kappa shape index (κ2) is 6.32. The van der Waals surface area contributed by atoms with Gasteiger partial charge in [-0.05, 0) is 13.0 Å². The summed E-state index contributed by atoms with van der Waals surface area (Å²) < 4.78 is 5.44. The zero-order valence-corrected chi connectivity index (χ0v) is 8.79. The monoisotopic (exact) mass is 195 g/mol. The highest BCUT2D eigenvalue weighted by Gasteiger charge is 1.97. The highest BCUT2D eigenvalue weighted by molar-refractivity contribution is 5.13. The highest BCUT2D eigenvalue weighted by Crippen LogP contribution is 2.06. The third-order valence-corrected chi connectivity index (χ3v) is 1.84. The van der Waals surface area contributed by atoms with E-state index in [9.17, 15) is 0 Å². The van der Waals surface area contributed by atoms with E-state index in [0.29, 0.717) is 12.5 Å². The van der Waals surface area contributed by atoms with Crippen LogP contribution in [0.4, 0.5) is 0 Å². The number of nitrogens with one attached hydrogen (secondary N) is 1. The fraction of sp³-hybridized carbons (Fsp3) is 0.600. The van der Waals surface area contributed by atoms with Crippen LogP contribution >= 0.6 is 0 Å². The second-order valence-corrected chi connectivity index (χ2v) is 2.90. The Hall–Kier alpha value is -1.16. The Kier molecular flexibility index (Phi) is 4.93. The molecule has 4 nitrogen and oxygen atoms in total.